The summed E-state index contributed by atoms with van der Waals surface area (Å²) in [6, 6.07) is 1.49. The lowest BCUT2D eigenvalue weighted by atomic mass is 9.84. The highest BCUT2D eigenvalue weighted by Gasteiger charge is 2.60. The van der Waals surface area contributed by atoms with Crippen molar-refractivity contribution in [3.63, 3.8) is 0 Å². The van der Waals surface area contributed by atoms with Crippen molar-refractivity contribution in [3.05, 3.63) is 35.7 Å². The van der Waals surface area contributed by atoms with E-state index in [-0.39, 0.29) is 35.4 Å². The average Bonchev–Trinajstić information content (AvgIpc) is 2.93. The topological polar surface area (TPSA) is 63.9 Å². The normalized spacial score (nSPS) is 23.6. The number of piperidine rings is 1. The number of pyridine rings is 1. The number of halogens is 1. The van der Waals surface area contributed by atoms with Crippen LogP contribution in [-0.4, -0.2) is 44.9 Å². The lowest BCUT2D eigenvalue weighted by molar-refractivity contribution is -0.122. The van der Waals surface area contributed by atoms with E-state index in [1.54, 1.807) is 15.5 Å². The summed E-state index contributed by atoms with van der Waals surface area (Å²) in [5, 5.41) is 0. The van der Waals surface area contributed by atoms with Crippen LogP contribution < -0.4 is 0 Å². The number of amides is 1. The number of fused-ring (bicyclic) bond motifs is 2. The summed E-state index contributed by atoms with van der Waals surface area (Å²) in [5.41, 5.74) is 0.623. The van der Waals surface area contributed by atoms with Crippen LogP contribution in [0.15, 0.2) is 18.5 Å². The van der Waals surface area contributed by atoms with Gasteiger partial charge in [-0.05, 0) is 51.2 Å². The van der Waals surface area contributed by atoms with Crippen molar-refractivity contribution >= 4 is 17.4 Å². The first-order chi connectivity index (χ1) is 13.9. The standard InChI is InChI=1S/C23H30FN3O3/c1-13-7-14(24)10-27-17(13)9-25-20(27)23(5,6)8-18(28)19-15-11-26(12-16(15)19)21(29)30-22(2,3)4/h7,9-10,15-16,19H,8,11-12H2,1-6H3/t15-,16+,19?. The monoisotopic (exact) mass is 415 g/mol. The van der Waals surface area contributed by atoms with Gasteiger partial charge in [0.2, 0.25) is 0 Å². The molecule has 1 aliphatic heterocycles. The molecule has 1 saturated heterocycles. The largest absolute Gasteiger partial charge is 0.444 e. The molecule has 2 aliphatic rings. The minimum Gasteiger partial charge on any atom is -0.444 e. The van der Waals surface area contributed by atoms with Gasteiger partial charge in [0, 0.05) is 37.0 Å². The molecular formula is C23H30FN3O3. The average molecular weight is 416 g/mol. The van der Waals surface area contributed by atoms with E-state index in [1.165, 1.54) is 12.3 Å². The summed E-state index contributed by atoms with van der Waals surface area (Å²) < 4.78 is 21.1. The van der Waals surface area contributed by atoms with Gasteiger partial charge in [-0.2, -0.15) is 0 Å². The third kappa shape index (κ3) is 3.70. The second kappa shape index (κ2) is 6.79. The van der Waals surface area contributed by atoms with Gasteiger partial charge in [0.05, 0.1) is 11.7 Å². The van der Waals surface area contributed by atoms with Crippen molar-refractivity contribution in [3.8, 4) is 0 Å². The highest BCUT2D eigenvalue weighted by atomic mass is 19.1. The number of ketones is 1. The van der Waals surface area contributed by atoms with Crippen LogP contribution in [0.25, 0.3) is 5.52 Å². The molecule has 0 aromatic carbocycles. The van der Waals surface area contributed by atoms with Gasteiger partial charge in [0.1, 0.15) is 23.0 Å². The predicted octanol–water partition coefficient (Wildman–Crippen LogP) is 4.13. The number of ether oxygens (including phenoxy) is 1. The molecule has 1 amide bonds. The first-order valence-corrected chi connectivity index (χ1v) is 10.5. The van der Waals surface area contributed by atoms with E-state index in [4.69, 9.17) is 4.74 Å². The molecule has 6 nitrogen and oxygen atoms in total. The lowest BCUT2D eigenvalue weighted by Gasteiger charge is -2.26. The minimum atomic E-state index is -0.522. The van der Waals surface area contributed by atoms with Crippen LogP contribution in [0.3, 0.4) is 0 Å². The van der Waals surface area contributed by atoms with Gasteiger partial charge in [-0.3, -0.25) is 4.79 Å². The third-order valence-electron chi connectivity index (χ3n) is 6.25. The molecule has 1 unspecified atom stereocenters. The molecule has 0 N–H and O–H groups in total. The van der Waals surface area contributed by atoms with Crippen LogP contribution in [0.2, 0.25) is 0 Å². The van der Waals surface area contributed by atoms with E-state index in [0.717, 1.165) is 11.1 Å². The number of carbonyl (C=O) groups excluding carboxylic acids is 2. The molecule has 7 heteroatoms. The van der Waals surface area contributed by atoms with E-state index in [9.17, 15) is 14.0 Å². The zero-order chi connectivity index (χ0) is 22.0. The van der Waals surface area contributed by atoms with Crippen LogP contribution >= 0.6 is 0 Å². The number of aromatic nitrogens is 2. The summed E-state index contributed by atoms with van der Waals surface area (Å²) in [4.78, 5) is 31.5. The van der Waals surface area contributed by atoms with Gasteiger partial charge >= 0.3 is 6.09 Å². The smallest absolute Gasteiger partial charge is 0.410 e. The van der Waals surface area contributed by atoms with Crippen LogP contribution in [0.5, 0.6) is 0 Å². The molecule has 2 aromatic heterocycles. The maximum atomic E-state index is 13.9. The van der Waals surface area contributed by atoms with Crippen LogP contribution in [-0.2, 0) is 14.9 Å². The summed E-state index contributed by atoms with van der Waals surface area (Å²) in [6.07, 6.45) is 3.20. The molecule has 1 saturated carbocycles. The van der Waals surface area contributed by atoms with E-state index < -0.39 is 11.0 Å². The Balaban J connectivity index is 1.42. The molecule has 3 atom stereocenters. The fourth-order valence-corrected chi connectivity index (χ4v) is 4.84. The van der Waals surface area contributed by atoms with E-state index in [0.29, 0.717) is 25.3 Å². The predicted molar refractivity (Wildman–Crippen MR) is 111 cm³/mol. The Hall–Kier alpha value is -2.44. The number of likely N-dealkylation sites (tertiary alicyclic amines) is 1. The van der Waals surface area contributed by atoms with Gasteiger partial charge in [-0.15, -0.1) is 0 Å². The first kappa shape index (κ1) is 20.8. The number of nitrogens with zero attached hydrogens (tertiary/aromatic N) is 3. The zero-order valence-electron chi connectivity index (χ0n) is 18.5. The Morgan fingerprint density at radius 2 is 1.83 bits per heavy atom. The summed E-state index contributed by atoms with van der Waals surface area (Å²) in [7, 11) is 0. The molecule has 2 aromatic rings. The first-order valence-electron chi connectivity index (χ1n) is 10.5. The third-order valence-corrected chi connectivity index (χ3v) is 6.25. The SMILES string of the molecule is Cc1cc(F)cn2c(C(C)(C)CC(=O)C3[C@H]4CN(C(=O)OC(C)(C)C)C[C@@H]34)ncc12. The number of aryl methyl sites for hydroxylation is 1. The van der Waals surface area contributed by atoms with Gasteiger partial charge in [0.25, 0.3) is 0 Å². The molecule has 1 aliphatic carbocycles. The summed E-state index contributed by atoms with van der Waals surface area (Å²) in [6.45, 7) is 12.5. The second-order valence-electron chi connectivity index (χ2n) is 10.4. The highest BCUT2D eigenvalue weighted by molar-refractivity contribution is 5.86. The Kier molecular flexibility index (Phi) is 4.71. The van der Waals surface area contributed by atoms with E-state index in [2.05, 4.69) is 4.98 Å². The maximum Gasteiger partial charge on any atom is 0.410 e. The molecule has 4 rings (SSSR count). The minimum absolute atomic E-state index is 0.00680. The molecule has 0 radical (unpaired) electrons. The van der Waals surface area contributed by atoms with Crippen LogP contribution in [0.1, 0.15) is 52.4 Å². The van der Waals surface area contributed by atoms with Crippen LogP contribution in [0.4, 0.5) is 9.18 Å². The molecule has 162 valence electrons. The lowest BCUT2D eigenvalue weighted by Crippen LogP contribution is -2.38. The molecule has 0 bridgehead atoms. The number of hydrogen-bond donors (Lipinski definition) is 0. The quantitative estimate of drug-likeness (QED) is 0.753. The zero-order valence-corrected chi connectivity index (χ0v) is 18.5. The number of Topliss-reactive ketones (excluding diaryl/α,β-unsaturated/α-hetero) is 1. The van der Waals surface area contributed by atoms with Crippen molar-refractivity contribution in [1.29, 1.82) is 0 Å². The maximum absolute atomic E-state index is 13.9. The number of imidazole rings is 1. The molecule has 2 fully saturated rings. The number of carbonyl (C=O) groups is 2. The van der Waals surface area contributed by atoms with E-state index >= 15 is 0 Å². The van der Waals surface area contributed by atoms with Crippen molar-refractivity contribution in [2.45, 2.75) is 59.0 Å². The Bertz CT molecular complexity index is 1010. The number of hydrogen-bond acceptors (Lipinski definition) is 4. The Morgan fingerprint density at radius 3 is 2.43 bits per heavy atom. The van der Waals surface area contributed by atoms with Gasteiger partial charge in [-0.25, -0.2) is 14.2 Å². The van der Waals surface area contributed by atoms with Crippen molar-refractivity contribution in [2.24, 2.45) is 17.8 Å². The summed E-state index contributed by atoms with van der Waals surface area (Å²) >= 11 is 0. The highest BCUT2D eigenvalue weighted by Crippen LogP contribution is 2.53. The van der Waals surface area contributed by atoms with Crippen LogP contribution in [0, 0.1) is 30.5 Å². The Labute approximate surface area is 176 Å². The second-order valence-corrected chi connectivity index (χ2v) is 10.4. The van der Waals surface area contributed by atoms with Crippen molar-refractivity contribution in [1.82, 2.24) is 14.3 Å². The van der Waals surface area contributed by atoms with Crippen molar-refractivity contribution < 1.29 is 18.7 Å². The molecular weight excluding hydrogens is 385 g/mol. The van der Waals surface area contributed by atoms with Gasteiger partial charge in [0.15, 0.2) is 0 Å². The summed E-state index contributed by atoms with van der Waals surface area (Å²) in [5.74, 6) is 1.00. The van der Waals surface area contributed by atoms with Gasteiger partial charge < -0.3 is 14.0 Å². The van der Waals surface area contributed by atoms with E-state index in [1.807, 2.05) is 41.5 Å². The molecule has 30 heavy (non-hydrogen) atoms. The number of rotatable bonds is 4. The van der Waals surface area contributed by atoms with Gasteiger partial charge in [-0.1, -0.05) is 13.8 Å². The fraction of sp³-hybridized carbons (Fsp3) is 0.609. The fourth-order valence-electron chi connectivity index (χ4n) is 4.84. The molecule has 3 heterocycles. The molecule has 0 spiro atoms. The van der Waals surface area contributed by atoms with Crippen molar-refractivity contribution in [2.75, 3.05) is 13.1 Å². The Morgan fingerprint density at radius 1 is 1.20 bits per heavy atom.